The van der Waals surface area contributed by atoms with E-state index >= 15 is 0 Å². The topological polar surface area (TPSA) is 58.2 Å². The van der Waals surface area contributed by atoms with E-state index in [0.29, 0.717) is 17.1 Å². The predicted octanol–water partition coefficient (Wildman–Crippen LogP) is 4.00. The van der Waals surface area contributed by atoms with Gasteiger partial charge in [-0.15, -0.1) is 0 Å². The molecule has 1 aliphatic rings. The number of hydrogen-bond donors (Lipinski definition) is 2. The van der Waals surface area contributed by atoms with E-state index in [2.05, 4.69) is 10.6 Å². The smallest absolute Gasteiger partial charge is 0.228 e. The summed E-state index contributed by atoms with van der Waals surface area (Å²) in [5.74, 6) is -1.92. The van der Waals surface area contributed by atoms with Gasteiger partial charge in [-0.2, -0.15) is 0 Å². The van der Waals surface area contributed by atoms with Gasteiger partial charge in [0.1, 0.15) is 5.82 Å². The number of para-hydroxylation sites is 1. The molecule has 0 radical (unpaired) electrons. The van der Waals surface area contributed by atoms with E-state index in [-0.39, 0.29) is 17.5 Å². The second kappa shape index (κ2) is 6.61. The highest BCUT2D eigenvalue weighted by Crippen LogP contribution is 2.40. The lowest BCUT2D eigenvalue weighted by Gasteiger charge is -2.08. The molecule has 0 spiro atoms. The molecule has 2 unspecified atom stereocenters. The summed E-state index contributed by atoms with van der Waals surface area (Å²) >= 11 is 6.03. The van der Waals surface area contributed by atoms with Crippen LogP contribution in [-0.4, -0.2) is 11.8 Å². The van der Waals surface area contributed by atoms with Gasteiger partial charge in [0.05, 0.1) is 17.5 Å². The van der Waals surface area contributed by atoms with E-state index in [0.717, 1.165) is 5.56 Å². The van der Waals surface area contributed by atoms with Crippen LogP contribution in [0.4, 0.5) is 15.8 Å². The van der Waals surface area contributed by atoms with Crippen molar-refractivity contribution < 1.29 is 14.0 Å². The Hall–Kier alpha value is -2.40. The van der Waals surface area contributed by atoms with Gasteiger partial charge in [-0.3, -0.25) is 9.59 Å². The molecule has 2 N–H and O–H groups in total. The van der Waals surface area contributed by atoms with E-state index in [9.17, 15) is 14.0 Å². The van der Waals surface area contributed by atoms with Crippen molar-refractivity contribution in [3.63, 3.8) is 0 Å². The summed E-state index contributed by atoms with van der Waals surface area (Å²) in [5.41, 5.74) is 1.64. The molecule has 24 heavy (non-hydrogen) atoms. The number of anilines is 2. The second-order valence-corrected chi connectivity index (χ2v) is 6.28. The molecule has 3 rings (SSSR count). The Morgan fingerprint density at radius 2 is 1.75 bits per heavy atom. The minimum atomic E-state index is -0.498. The summed E-state index contributed by atoms with van der Waals surface area (Å²) in [4.78, 5) is 24.3. The first-order valence-corrected chi connectivity index (χ1v) is 7.96. The third-order valence-electron chi connectivity index (χ3n) is 4.04. The van der Waals surface area contributed by atoms with Crippen molar-refractivity contribution in [3.8, 4) is 0 Å². The Labute approximate surface area is 144 Å². The van der Waals surface area contributed by atoms with Gasteiger partial charge < -0.3 is 10.6 Å². The first kappa shape index (κ1) is 16.5. The fourth-order valence-electron chi connectivity index (χ4n) is 2.47. The van der Waals surface area contributed by atoms with Crippen LogP contribution in [0.5, 0.6) is 0 Å². The van der Waals surface area contributed by atoms with Crippen LogP contribution in [0, 0.1) is 24.6 Å². The van der Waals surface area contributed by atoms with Crippen LogP contribution in [0.15, 0.2) is 42.5 Å². The summed E-state index contributed by atoms with van der Waals surface area (Å²) in [7, 11) is 0. The molecule has 124 valence electrons. The second-order valence-electron chi connectivity index (χ2n) is 5.87. The molecule has 2 atom stereocenters. The van der Waals surface area contributed by atoms with Gasteiger partial charge in [0.25, 0.3) is 0 Å². The number of carbonyl (C=O) groups is 2. The summed E-state index contributed by atoms with van der Waals surface area (Å²) in [6.45, 7) is 1.87. The summed E-state index contributed by atoms with van der Waals surface area (Å²) in [6.07, 6.45) is 0.450. The molecule has 2 aromatic rings. The van der Waals surface area contributed by atoms with Crippen molar-refractivity contribution in [1.29, 1.82) is 0 Å². The monoisotopic (exact) mass is 346 g/mol. The van der Waals surface area contributed by atoms with Crippen LogP contribution in [0.1, 0.15) is 12.0 Å². The van der Waals surface area contributed by atoms with Crippen molar-refractivity contribution in [2.75, 3.05) is 10.6 Å². The number of aryl methyl sites for hydroxylation is 1. The van der Waals surface area contributed by atoms with Gasteiger partial charge in [0, 0.05) is 10.7 Å². The van der Waals surface area contributed by atoms with E-state index in [1.54, 1.807) is 24.3 Å². The lowest BCUT2D eigenvalue weighted by Crippen LogP contribution is -2.21. The fraction of sp³-hybridized carbons (Fsp3) is 0.222. The number of amides is 2. The first-order valence-electron chi connectivity index (χ1n) is 7.58. The number of carbonyl (C=O) groups excluding carboxylic acids is 2. The van der Waals surface area contributed by atoms with E-state index in [1.165, 1.54) is 12.1 Å². The first-order chi connectivity index (χ1) is 11.5. The van der Waals surface area contributed by atoms with E-state index in [1.807, 2.05) is 13.0 Å². The fourth-order valence-corrected chi connectivity index (χ4v) is 2.65. The normalized spacial score (nSPS) is 18.8. The molecule has 0 saturated heterocycles. The molecule has 1 fully saturated rings. The summed E-state index contributed by atoms with van der Waals surface area (Å²) in [6, 6.07) is 11.2. The maximum atomic E-state index is 13.5. The lowest BCUT2D eigenvalue weighted by atomic mass is 10.2. The van der Waals surface area contributed by atoms with Gasteiger partial charge in [-0.1, -0.05) is 29.8 Å². The van der Waals surface area contributed by atoms with Gasteiger partial charge in [0.15, 0.2) is 0 Å². The van der Waals surface area contributed by atoms with Crippen molar-refractivity contribution in [2.45, 2.75) is 13.3 Å². The Morgan fingerprint density at radius 3 is 2.42 bits per heavy atom. The van der Waals surface area contributed by atoms with Gasteiger partial charge >= 0.3 is 0 Å². The number of nitrogens with one attached hydrogen (secondary N) is 2. The van der Waals surface area contributed by atoms with Crippen molar-refractivity contribution in [3.05, 3.63) is 58.9 Å². The number of rotatable bonds is 4. The van der Waals surface area contributed by atoms with Crippen molar-refractivity contribution in [2.24, 2.45) is 11.8 Å². The van der Waals surface area contributed by atoms with Crippen molar-refractivity contribution in [1.82, 2.24) is 0 Å². The molecular weight excluding hydrogens is 331 g/mol. The average molecular weight is 347 g/mol. The molecule has 2 aromatic carbocycles. The van der Waals surface area contributed by atoms with Crippen LogP contribution in [0.3, 0.4) is 0 Å². The highest BCUT2D eigenvalue weighted by atomic mass is 35.5. The molecule has 0 bridgehead atoms. The summed E-state index contributed by atoms with van der Waals surface area (Å²) in [5, 5.41) is 5.84. The Balaban J connectivity index is 1.58. The van der Waals surface area contributed by atoms with E-state index in [4.69, 9.17) is 11.6 Å². The zero-order valence-corrected chi connectivity index (χ0v) is 13.7. The Bertz CT molecular complexity index is 809. The molecule has 4 nitrogen and oxygen atoms in total. The van der Waals surface area contributed by atoms with Gasteiger partial charge in [-0.05, 0) is 43.2 Å². The van der Waals surface area contributed by atoms with Gasteiger partial charge in [-0.25, -0.2) is 4.39 Å². The minimum Gasteiger partial charge on any atom is -0.326 e. The third kappa shape index (κ3) is 3.57. The standard InChI is InChI=1S/C18H16ClFN2O2/c1-10-6-7-11(8-14(10)19)21-17(23)12-9-13(12)18(24)22-16-5-3-2-4-15(16)20/h2-8,12-13H,9H2,1H3,(H,21,23)(H,22,24). The largest absolute Gasteiger partial charge is 0.326 e. The van der Waals surface area contributed by atoms with Crippen LogP contribution < -0.4 is 10.6 Å². The SMILES string of the molecule is Cc1ccc(NC(=O)C2CC2C(=O)Nc2ccccc2F)cc1Cl. The van der Waals surface area contributed by atoms with Crippen LogP contribution in [0.25, 0.3) is 0 Å². The molecule has 0 aliphatic heterocycles. The molecule has 1 aliphatic carbocycles. The highest BCUT2D eigenvalue weighted by Gasteiger charge is 2.48. The summed E-state index contributed by atoms with van der Waals surface area (Å²) < 4.78 is 13.5. The maximum absolute atomic E-state index is 13.5. The number of benzene rings is 2. The maximum Gasteiger partial charge on any atom is 0.228 e. The molecule has 0 aromatic heterocycles. The average Bonchev–Trinajstić information content (AvgIpc) is 3.34. The third-order valence-corrected chi connectivity index (χ3v) is 4.44. The zero-order valence-electron chi connectivity index (χ0n) is 13.0. The van der Waals surface area contributed by atoms with Gasteiger partial charge in [0.2, 0.25) is 11.8 Å². The van der Waals surface area contributed by atoms with Crippen LogP contribution in [0.2, 0.25) is 5.02 Å². The predicted molar refractivity (Wildman–Crippen MR) is 91.4 cm³/mol. The van der Waals surface area contributed by atoms with Crippen molar-refractivity contribution >= 4 is 34.8 Å². The van der Waals surface area contributed by atoms with E-state index < -0.39 is 17.7 Å². The zero-order chi connectivity index (χ0) is 17.3. The number of hydrogen-bond acceptors (Lipinski definition) is 2. The Kier molecular flexibility index (Phi) is 4.53. The highest BCUT2D eigenvalue weighted by molar-refractivity contribution is 6.31. The lowest BCUT2D eigenvalue weighted by molar-refractivity contribution is -0.122. The van der Waals surface area contributed by atoms with Crippen LogP contribution >= 0.6 is 11.6 Å². The molecule has 0 heterocycles. The molecule has 1 saturated carbocycles. The minimum absolute atomic E-state index is 0.124. The molecule has 6 heteroatoms. The Morgan fingerprint density at radius 1 is 1.08 bits per heavy atom. The molecule has 2 amide bonds. The quantitative estimate of drug-likeness (QED) is 0.879. The molecular formula is C18H16ClFN2O2. The number of halogens is 2. The van der Waals surface area contributed by atoms with Crippen LogP contribution in [-0.2, 0) is 9.59 Å².